The largest absolute Gasteiger partial charge is 0.598 e. The third-order valence-corrected chi connectivity index (χ3v) is 5.68. The number of ether oxygens (including phenoxy) is 1. The Labute approximate surface area is 110 Å². The van der Waals surface area contributed by atoms with Crippen molar-refractivity contribution in [2.45, 2.75) is 30.2 Å². The van der Waals surface area contributed by atoms with E-state index >= 15 is 0 Å². The molecule has 0 bridgehead atoms. The molecule has 1 aromatic carbocycles. The van der Waals surface area contributed by atoms with E-state index in [9.17, 15) is 4.55 Å². The van der Waals surface area contributed by atoms with Gasteiger partial charge in [-0.05, 0) is 19.4 Å². The Kier molecular flexibility index (Phi) is 2.77. The molecule has 96 valence electrons. The second kappa shape index (κ2) is 3.98. The third kappa shape index (κ3) is 1.50. The van der Waals surface area contributed by atoms with Crippen molar-refractivity contribution >= 4 is 24.3 Å². The molecule has 6 heteroatoms. The second-order valence-electron chi connectivity index (χ2n) is 5.49. The van der Waals surface area contributed by atoms with Crippen LogP contribution in [-0.4, -0.2) is 34.5 Å². The van der Waals surface area contributed by atoms with Gasteiger partial charge in [0.25, 0.3) is 0 Å². The second-order valence-corrected chi connectivity index (χ2v) is 7.29. The maximum absolute atomic E-state index is 12.1. The third-order valence-electron chi connectivity index (χ3n) is 3.96. The Balaban J connectivity index is 1.96. The minimum absolute atomic E-state index is 0.0397. The van der Waals surface area contributed by atoms with E-state index in [0.29, 0.717) is 6.61 Å². The van der Waals surface area contributed by atoms with Gasteiger partial charge in [0.1, 0.15) is 11.6 Å². The smallest absolute Gasteiger partial charge is 0.304 e. The lowest BCUT2D eigenvalue weighted by Gasteiger charge is -2.44. The monoisotopic (exact) mass is 265 g/mol. The van der Waals surface area contributed by atoms with Gasteiger partial charge in [0.15, 0.2) is 4.75 Å². The van der Waals surface area contributed by atoms with Crippen molar-refractivity contribution in [2.24, 2.45) is 0 Å². The summed E-state index contributed by atoms with van der Waals surface area (Å²) in [6.07, 6.45) is -0.0641. The van der Waals surface area contributed by atoms with Crippen LogP contribution in [0.3, 0.4) is 0 Å². The summed E-state index contributed by atoms with van der Waals surface area (Å²) in [5, 5.41) is 9.06. The van der Waals surface area contributed by atoms with Crippen molar-refractivity contribution < 1.29 is 14.3 Å². The Hall–Kier alpha value is -0.525. The summed E-state index contributed by atoms with van der Waals surface area (Å²) in [7, 11) is 0.0397. The maximum atomic E-state index is 12.1. The zero-order valence-electron chi connectivity index (χ0n) is 10.5. The van der Waals surface area contributed by atoms with Crippen LogP contribution >= 0.6 is 0 Å². The van der Waals surface area contributed by atoms with Crippen LogP contribution in [0.1, 0.15) is 19.4 Å². The highest BCUT2D eigenvalue weighted by Gasteiger charge is 2.69. The predicted octanol–water partition coefficient (Wildman–Crippen LogP) is -0.705. The lowest BCUT2D eigenvalue weighted by atomic mass is 9.75. The highest BCUT2D eigenvalue weighted by Crippen LogP contribution is 2.50. The fourth-order valence-electron chi connectivity index (χ4n) is 2.81. The van der Waals surface area contributed by atoms with Crippen LogP contribution in [0, 0.1) is 0 Å². The molecule has 0 aliphatic carbocycles. The fraction of sp³-hybridized carbons (Fsp3) is 0.500. The summed E-state index contributed by atoms with van der Waals surface area (Å²) in [5.41, 5.74) is 1.63. The van der Waals surface area contributed by atoms with Crippen molar-refractivity contribution in [2.75, 3.05) is 6.61 Å². The van der Waals surface area contributed by atoms with Crippen molar-refractivity contribution in [3.05, 3.63) is 29.8 Å². The molecule has 4 nitrogen and oxygen atoms in total. The summed E-state index contributed by atoms with van der Waals surface area (Å²) in [6.45, 7) is 4.47. The van der Waals surface area contributed by atoms with E-state index in [-0.39, 0.29) is 23.9 Å². The van der Waals surface area contributed by atoms with E-state index in [2.05, 4.69) is 4.72 Å². The quantitative estimate of drug-likeness (QED) is 0.548. The summed E-state index contributed by atoms with van der Waals surface area (Å²) in [6, 6.07) is 7.75. The molecule has 0 radical (unpaired) electrons. The zero-order valence-corrected chi connectivity index (χ0v) is 11.3. The van der Waals surface area contributed by atoms with Gasteiger partial charge in [-0.2, -0.15) is 0 Å². The van der Waals surface area contributed by atoms with E-state index < -0.39 is 11.4 Å². The first-order chi connectivity index (χ1) is 8.50. The van der Waals surface area contributed by atoms with Gasteiger partial charge in [-0.25, -0.2) is 0 Å². The van der Waals surface area contributed by atoms with Gasteiger partial charge in [-0.15, -0.1) is 4.72 Å². The number of nitrogens with one attached hydrogen (secondary N) is 1. The highest BCUT2D eigenvalue weighted by atomic mass is 32.2. The van der Waals surface area contributed by atoms with Gasteiger partial charge in [-0.3, -0.25) is 0 Å². The molecule has 18 heavy (non-hydrogen) atoms. The standard InChI is InChI=1S/C12H16BNO3S/c1-11(2)10-12(7-17-10,14-18(11)16)8-3-5-9(13-15)6-4-8/h3-6,10,13-15H,7H2,1-2H3. The minimum Gasteiger partial charge on any atom is -0.598 e. The lowest BCUT2D eigenvalue weighted by Crippen LogP contribution is -2.62. The molecule has 3 rings (SSSR count). The van der Waals surface area contributed by atoms with Crippen LogP contribution in [0.4, 0.5) is 0 Å². The van der Waals surface area contributed by atoms with Crippen molar-refractivity contribution in [1.29, 1.82) is 0 Å². The van der Waals surface area contributed by atoms with E-state index in [4.69, 9.17) is 9.76 Å². The molecule has 1 aromatic rings. The molecule has 0 spiro atoms. The average Bonchev–Trinajstić information content (AvgIpc) is 2.46. The van der Waals surface area contributed by atoms with E-state index in [0.717, 1.165) is 11.0 Å². The molecule has 0 aromatic heterocycles. The van der Waals surface area contributed by atoms with Gasteiger partial charge in [0.2, 0.25) is 0 Å². The molecule has 2 aliphatic rings. The number of rotatable bonds is 2. The van der Waals surface area contributed by atoms with Crippen LogP contribution in [-0.2, 0) is 21.6 Å². The Morgan fingerprint density at radius 2 is 2.11 bits per heavy atom. The lowest BCUT2D eigenvalue weighted by molar-refractivity contribution is -0.146. The predicted molar refractivity (Wildman–Crippen MR) is 72.2 cm³/mol. The molecule has 3 unspecified atom stereocenters. The van der Waals surface area contributed by atoms with Crippen molar-refractivity contribution in [1.82, 2.24) is 4.72 Å². The average molecular weight is 265 g/mol. The van der Waals surface area contributed by atoms with Gasteiger partial charge in [0, 0.05) is 11.4 Å². The molecule has 0 saturated carbocycles. The first-order valence-corrected chi connectivity index (χ1v) is 7.17. The molecule has 3 atom stereocenters. The highest BCUT2D eigenvalue weighted by molar-refractivity contribution is 7.91. The summed E-state index contributed by atoms with van der Waals surface area (Å²) >= 11 is -1.10. The molecular weight excluding hydrogens is 249 g/mol. The Bertz CT molecular complexity index is 467. The van der Waals surface area contributed by atoms with Crippen LogP contribution in [0.5, 0.6) is 0 Å². The fourth-order valence-corrected chi connectivity index (χ4v) is 4.15. The van der Waals surface area contributed by atoms with Crippen molar-refractivity contribution in [3.63, 3.8) is 0 Å². The summed E-state index contributed by atoms with van der Waals surface area (Å²) in [4.78, 5) is 0. The van der Waals surface area contributed by atoms with Crippen molar-refractivity contribution in [3.8, 4) is 0 Å². The molecule has 2 saturated heterocycles. The first-order valence-electron chi connectivity index (χ1n) is 6.02. The normalized spacial score (nSPS) is 36.9. The number of hydrogen-bond donors (Lipinski definition) is 2. The summed E-state index contributed by atoms with van der Waals surface area (Å²) in [5.74, 6) is 0. The van der Waals surface area contributed by atoms with E-state index in [1.54, 1.807) is 0 Å². The van der Waals surface area contributed by atoms with Gasteiger partial charge in [-0.1, -0.05) is 29.7 Å². The number of fused-ring (bicyclic) bond motifs is 1. The van der Waals surface area contributed by atoms with Crippen LogP contribution in [0.15, 0.2) is 24.3 Å². The molecule has 2 aliphatic heterocycles. The van der Waals surface area contributed by atoms with E-state index in [1.807, 2.05) is 38.1 Å². The van der Waals surface area contributed by atoms with Crippen LogP contribution in [0.2, 0.25) is 0 Å². The first kappa shape index (κ1) is 12.5. The SMILES string of the molecule is CC1(C)C2OCC2(c2ccc(BO)cc2)N[S+]1[O-]. The molecule has 2 fully saturated rings. The summed E-state index contributed by atoms with van der Waals surface area (Å²) < 4.78 is 20.6. The number of benzene rings is 1. The maximum Gasteiger partial charge on any atom is 0.304 e. The zero-order chi connectivity index (χ0) is 13.0. The molecular formula is C12H16BNO3S. The van der Waals surface area contributed by atoms with Crippen LogP contribution < -0.4 is 10.2 Å². The topological polar surface area (TPSA) is 64.5 Å². The molecule has 2 heterocycles. The van der Waals surface area contributed by atoms with Crippen LogP contribution in [0.25, 0.3) is 0 Å². The molecule has 0 amide bonds. The Morgan fingerprint density at radius 3 is 2.56 bits per heavy atom. The Morgan fingerprint density at radius 1 is 1.44 bits per heavy atom. The minimum atomic E-state index is -1.10. The van der Waals surface area contributed by atoms with Gasteiger partial charge >= 0.3 is 7.48 Å². The van der Waals surface area contributed by atoms with E-state index in [1.165, 1.54) is 0 Å². The van der Waals surface area contributed by atoms with Gasteiger partial charge < -0.3 is 14.3 Å². The molecule has 2 N–H and O–H groups in total. The number of hydrogen-bond acceptors (Lipinski definition) is 4. The van der Waals surface area contributed by atoms with Gasteiger partial charge in [0.05, 0.1) is 6.61 Å².